The number of nitriles is 1. The van der Waals surface area contributed by atoms with E-state index in [1.807, 2.05) is 30.3 Å². The third-order valence-corrected chi connectivity index (χ3v) is 3.17. The molecule has 116 valence electrons. The first-order valence-corrected chi connectivity index (χ1v) is 7.66. The fourth-order valence-corrected chi connectivity index (χ4v) is 2.02. The molecule has 1 aromatic rings. The Morgan fingerprint density at radius 2 is 1.76 bits per heavy atom. The van der Waals surface area contributed by atoms with Crippen LogP contribution in [0.25, 0.3) is 0 Å². The fourth-order valence-electron chi connectivity index (χ4n) is 2.02. The number of nitrogens with one attached hydrogen (secondary N) is 1. The summed E-state index contributed by atoms with van der Waals surface area (Å²) in [6.07, 6.45) is 1.97. The Bertz CT molecular complexity index is 417. The van der Waals surface area contributed by atoms with Gasteiger partial charge in [0.05, 0.1) is 25.9 Å². The molecule has 0 saturated carbocycles. The first-order valence-electron chi connectivity index (χ1n) is 7.66. The molecule has 0 spiro atoms. The van der Waals surface area contributed by atoms with E-state index >= 15 is 0 Å². The molecule has 4 heteroatoms. The normalized spacial score (nSPS) is 13.6. The Kier molecular flexibility index (Phi) is 8.68. The van der Waals surface area contributed by atoms with Gasteiger partial charge < -0.3 is 9.47 Å². The first kappa shape index (κ1) is 17.6. The maximum Gasteiger partial charge on any atom is 0.155 e. The lowest BCUT2D eigenvalue weighted by atomic mass is 9.92. The van der Waals surface area contributed by atoms with Crippen LogP contribution in [0.5, 0.6) is 0 Å². The van der Waals surface area contributed by atoms with Crippen molar-refractivity contribution in [2.75, 3.05) is 33.0 Å². The summed E-state index contributed by atoms with van der Waals surface area (Å²) in [5.74, 6) is 0. The van der Waals surface area contributed by atoms with Crippen LogP contribution in [0.15, 0.2) is 30.3 Å². The van der Waals surface area contributed by atoms with Crippen LogP contribution in [0.2, 0.25) is 0 Å². The van der Waals surface area contributed by atoms with E-state index in [1.54, 1.807) is 0 Å². The highest BCUT2D eigenvalue weighted by molar-refractivity contribution is 5.31. The molecular formula is C17H26N2O2. The molecule has 0 aromatic heterocycles. The van der Waals surface area contributed by atoms with Gasteiger partial charge >= 0.3 is 0 Å². The summed E-state index contributed by atoms with van der Waals surface area (Å²) in [5, 5.41) is 13.0. The van der Waals surface area contributed by atoms with Crippen LogP contribution >= 0.6 is 0 Å². The van der Waals surface area contributed by atoms with Gasteiger partial charge in [-0.05, 0) is 24.9 Å². The van der Waals surface area contributed by atoms with Crippen LogP contribution in [0.1, 0.15) is 32.3 Å². The molecule has 1 rings (SSSR count). The summed E-state index contributed by atoms with van der Waals surface area (Å²) in [5.41, 5.74) is 0.151. The molecule has 0 amide bonds. The SMILES string of the molecule is CCCNC(C#N)(COCCOCCC)c1ccccc1. The van der Waals surface area contributed by atoms with Gasteiger partial charge in [0.1, 0.15) is 0 Å². The van der Waals surface area contributed by atoms with Crippen molar-refractivity contribution in [1.29, 1.82) is 5.26 Å². The van der Waals surface area contributed by atoms with Gasteiger partial charge in [0.2, 0.25) is 0 Å². The highest BCUT2D eigenvalue weighted by Crippen LogP contribution is 2.21. The lowest BCUT2D eigenvalue weighted by molar-refractivity contribution is 0.0289. The largest absolute Gasteiger partial charge is 0.379 e. The number of ether oxygens (including phenoxy) is 2. The van der Waals surface area contributed by atoms with Crippen LogP contribution in [-0.4, -0.2) is 33.0 Å². The lowest BCUT2D eigenvalue weighted by Gasteiger charge is -2.28. The Morgan fingerprint density at radius 3 is 2.38 bits per heavy atom. The number of benzene rings is 1. The van der Waals surface area contributed by atoms with E-state index in [2.05, 4.69) is 25.2 Å². The van der Waals surface area contributed by atoms with Gasteiger partial charge in [-0.25, -0.2) is 0 Å². The molecule has 0 bridgehead atoms. The highest BCUT2D eigenvalue weighted by Gasteiger charge is 2.31. The van der Waals surface area contributed by atoms with Crippen molar-refractivity contribution in [2.24, 2.45) is 0 Å². The van der Waals surface area contributed by atoms with E-state index in [1.165, 1.54) is 0 Å². The quantitative estimate of drug-likeness (QED) is 0.637. The number of hydrogen-bond donors (Lipinski definition) is 1. The molecule has 1 aromatic carbocycles. The summed E-state index contributed by atoms with van der Waals surface area (Å²) in [6.45, 7) is 7.08. The summed E-state index contributed by atoms with van der Waals surface area (Å²) < 4.78 is 11.1. The molecular weight excluding hydrogens is 264 g/mol. The Balaban J connectivity index is 2.62. The first-order chi connectivity index (χ1) is 10.3. The summed E-state index contributed by atoms with van der Waals surface area (Å²) >= 11 is 0. The van der Waals surface area contributed by atoms with Crippen molar-refractivity contribution in [3.63, 3.8) is 0 Å². The second-order valence-corrected chi connectivity index (χ2v) is 4.97. The van der Waals surface area contributed by atoms with Crippen LogP contribution in [0.3, 0.4) is 0 Å². The van der Waals surface area contributed by atoms with E-state index < -0.39 is 5.54 Å². The Morgan fingerprint density at radius 1 is 1.05 bits per heavy atom. The van der Waals surface area contributed by atoms with Crippen molar-refractivity contribution in [2.45, 2.75) is 32.2 Å². The van der Waals surface area contributed by atoms with Gasteiger partial charge in [0.15, 0.2) is 5.54 Å². The van der Waals surface area contributed by atoms with Gasteiger partial charge in [-0.15, -0.1) is 0 Å². The van der Waals surface area contributed by atoms with Gasteiger partial charge in [-0.1, -0.05) is 44.2 Å². The van der Waals surface area contributed by atoms with Crippen molar-refractivity contribution in [3.8, 4) is 6.07 Å². The number of hydrogen-bond acceptors (Lipinski definition) is 4. The van der Waals surface area contributed by atoms with Crippen LogP contribution in [-0.2, 0) is 15.0 Å². The van der Waals surface area contributed by atoms with Crippen LogP contribution in [0.4, 0.5) is 0 Å². The van der Waals surface area contributed by atoms with E-state index in [0.717, 1.165) is 31.6 Å². The third-order valence-electron chi connectivity index (χ3n) is 3.17. The van der Waals surface area contributed by atoms with Gasteiger partial charge in [-0.3, -0.25) is 5.32 Å². The Labute approximate surface area is 128 Å². The molecule has 0 radical (unpaired) electrons. The molecule has 0 heterocycles. The molecule has 1 atom stereocenters. The molecule has 0 aliphatic rings. The molecule has 1 unspecified atom stereocenters. The Hall–Kier alpha value is -1.41. The molecule has 0 aliphatic carbocycles. The van der Waals surface area contributed by atoms with Gasteiger partial charge in [0, 0.05) is 6.61 Å². The van der Waals surface area contributed by atoms with Crippen LogP contribution in [0, 0.1) is 11.3 Å². The van der Waals surface area contributed by atoms with E-state index in [4.69, 9.17) is 9.47 Å². The topological polar surface area (TPSA) is 54.3 Å². The average molecular weight is 290 g/mol. The minimum atomic E-state index is -0.790. The van der Waals surface area contributed by atoms with E-state index in [0.29, 0.717) is 19.8 Å². The minimum Gasteiger partial charge on any atom is -0.379 e. The zero-order valence-electron chi connectivity index (χ0n) is 13.1. The minimum absolute atomic E-state index is 0.322. The van der Waals surface area contributed by atoms with Crippen LogP contribution < -0.4 is 5.32 Å². The average Bonchev–Trinajstić information content (AvgIpc) is 2.55. The molecule has 4 nitrogen and oxygen atoms in total. The zero-order chi connectivity index (χ0) is 15.4. The van der Waals surface area contributed by atoms with Gasteiger partial charge in [0.25, 0.3) is 0 Å². The predicted molar refractivity (Wildman–Crippen MR) is 84.0 cm³/mol. The van der Waals surface area contributed by atoms with E-state index in [9.17, 15) is 5.26 Å². The highest BCUT2D eigenvalue weighted by atomic mass is 16.5. The van der Waals surface area contributed by atoms with Crippen molar-refractivity contribution < 1.29 is 9.47 Å². The van der Waals surface area contributed by atoms with Gasteiger partial charge in [-0.2, -0.15) is 5.26 Å². The molecule has 1 N–H and O–H groups in total. The molecule has 0 saturated heterocycles. The molecule has 0 fully saturated rings. The van der Waals surface area contributed by atoms with Crippen molar-refractivity contribution >= 4 is 0 Å². The standard InChI is InChI=1S/C17H26N2O2/c1-3-10-19-17(14-18,16-8-6-5-7-9-16)15-21-13-12-20-11-4-2/h5-9,19H,3-4,10-13,15H2,1-2H3. The number of nitrogens with zero attached hydrogens (tertiary/aromatic N) is 1. The summed E-state index contributed by atoms with van der Waals surface area (Å²) in [6, 6.07) is 12.2. The predicted octanol–water partition coefficient (Wildman–Crippen LogP) is 2.85. The molecule has 21 heavy (non-hydrogen) atoms. The number of rotatable bonds is 11. The lowest BCUT2D eigenvalue weighted by Crippen LogP contribution is -2.45. The maximum atomic E-state index is 9.67. The second kappa shape index (κ2) is 10.3. The molecule has 0 aliphatic heterocycles. The monoisotopic (exact) mass is 290 g/mol. The second-order valence-electron chi connectivity index (χ2n) is 4.97. The summed E-state index contributed by atoms with van der Waals surface area (Å²) in [7, 11) is 0. The summed E-state index contributed by atoms with van der Waals surface area (Å²) in [4.78, 5) is 0. The fraction of sp³-hybridized carbons (Fsp3) is 0.588. The van der Waals surface area contributed by atoms with E-state index in [-0.39, 0.29) is 0 Å². The smallest absolute Gasteiger partial charge is 0.155 e. The maximum absolute atomic E-state index is 9.67. The zero-order valence-corrected chi connectivity index (χ0v) is 13.1. The third kappa shape index (κ3) is 5.84. The van der Waals surface area contributed by atoms with Crippen molar-refractivity contribution in [1.82, 2.24) is 5.32 Å². The van der Waals surface area contributed by atoms with Crippen molar-refractivity contribution in [3.05, 3.63) is 35.9 Å².